The summed E-state index contributed by atoms with van der Waals surface area (Å²) in [6.45, 7) is 1.34. The zero-order valence-electron chi connectivity index (χ0n) is 16.2. The van der Waals surface area contributed by atoms with Gasteiger partial charge in [-0.15, -0.1) is 0 Å². The minimum Gasteiger partial charge on any atom is -0.348 e. The van der Waals surface area contributed by atoms with Gasteiger partial charge in [-0.2, -0.15) is 5.10 Å². The second-order valence-corrected chi connectivity index (χ2v) is 7.37. The van der Waals surface area contributed by atoms with Crippen molar-refractivity contribution in [2.45, 2.75) is 25.4 Å². The molecule has 3 aromatic rings. The van der Waals surface area contributed by atoms with Crippen LogP contribution in [-0.4, -0.2) is 39.7 Å². The normalized spacial score (nSPS) is 17.1. The Bertz CT molecular complexity index is 1030. The number of piperidine rings is 1. The third kappa shape index (κ3) is 4.38. The maximum Gasteiger partial charge on any atom is 0.254 e. The Hall–Kier alpha value is -3.13. The van der Waals surface area contributed by atoms with Gasteiger partial charge in [0.05, 0.1) is 11.8 Å². The molecule has 5 nitrogen and oxygen atoms in total. The lowest BCUT2D eigenvalue weighted by atomic mass is 10.0. The summed E-state index contributed by atoms with van der Waals surface area (Å²) in [4.78, 5) is 14.5. The van der Waals surface area contributed by atoms with Gasteiger partial charge in [-0.1, -0.05) is 18.2 Å². The van der Waals surface area contributed by atoms with Gasteiger partial charge in [0, 0.05) is 30.9 Å². The largest absolute Gasteiger partial charge is 0.348 e. The first-order valence-electron chi connectivity index (χ1n) is 9.77. The Labute approximate surface area is 172 Å². The van der Waals surface area contributed by atoms with Crippen LogP contribution in [0.4, 0.5) is 13.2 Å². The molecule has 4 rings (SSSR count). The minimum atomic E-state index is -0.568. The van der Waals surface area contributed by atoms with Crippen LogP contribution in [0.1, 0.15) is 28.8 Å². The van der Waals surface area contributed by atoms with Gasteiger partial charge in [-0.25, -0.2) is 17.9 Å². The van der Waals surface area contributed by atoms with E-state index in [0.29, 0.717) is 18.7 Å². The maximum atomic E-state index is 13.9. The van der Waals surface area contributed by atoms with Crippen LogP contribution < -0.4 is 5.32 Å². The molecule has 1 amide bonds. The predicted octanol–water partition coefficient (Wildman–Crippen LogP) is 3.68. The number of hydrogen-bond donors (Lipinski definition) is 1. The van der Waals surface area contributed by atoms with Gasteiger partial charge < -0.3 is 5.32 Å². The summed E-state index contributed by atoms with van der Waals surface area (Å²) in [5.41, 5.74) is 0.610. The molecule has 0 spiro atoms. The molecule has 0 saturated carbocycles. The van der Waals surface area contributed by atoms with Crippen LogP contribution in [0, 0.1) is 17.5 Å². The predicted molar refractivity (Wildman–Crippen MR) is 106 cm³/mol. The molecule has 1 N–H and O–H groups in total. The minimum absolute atomic E-state index is 0.0376. The van der Waals surface area contributed by atoms with Crippen molar-refractivity contribution in [2.24, 2.45) is 0 Å². The Kier molecular flexibility index (Phi) is 5.85. The number of rotatable bonds is 5. The molecule has 2 heterocycles. The fourth-order valence-corrected chi connectivity index (χ4v) is 3.70. The molecule has 0 bridgehead atoms. The average Bonchev–Trinajstić information content (AvgIpc) is 3.22. The standard InChI is InChI=1S/C22H21F3N4O/c23-18-7-3-8-19(24)17(18)14-28-10-4-5-16(13-28)27-22(30)15-11-26-29(12-15)21-9-2-1-6-20(21)25/h1-3,6-9,11-12,16H,4-5,10,13-14H2,(H,27,30). The summed E-state index contributed by atoms with van der Waals surface area (Å²) < 4.78 is 43.1. The number of benzene rings is 2. The van der Waals surface area contributed by atoms with Gasteiger partial charge in [0.15, 0.2) is 0 Å². The number of para-hydroxylation sites is 1. The molecular formula is C22H21F3N4O. The molecule has 8 heteroatoms. The second-order valence-electron chi connectivity index (χ2n) is 7.37. The van der Waals surface area contributed by atoms with Crippen molar-refractivity contribution in [3.8, 4) is 5.69 Å². The third-order valence-corrected chi connectivity index (χ3v) is 5.23. The van der Waals surface area contributed by atoms with Gasteiger partial charge in [-0.05, 0) is 43.7 Å². The van der Waals surface area contributed by atoms with Crippen LogP contribution in [0.5, 0.6) is 0 Å². The summed E-state index contributed by atoms with van der Waals surface area (Å²) in [5.74, 6) is -1.89. The summed E-state index contributed by atoms with van der Waals surface area (Å²) in [6.07, 6.45) is 4.43. The molecule has 30 heavy (non-hydrogen) atoms. The monoisotopic (exact) mass is 414 g/mol. The molecular weight excluding hydrogens is 393 g/mol. The molecule has 1 aromatic heterocycles. The zero-order chi connectivity index (χ0) is 21.1. The first-order chi connectivity index (χ1) is 14.5. The second kappa shape index (κ2) is 8.71. The van der Waals surface area contributed by atoms with Crippen molar-refractivity contribution in [1.82, 2.24) is 20.0 Å². The Morgan fingerprint density at radius 2 is 1.80 bits per heavy atom. The van der Waals surface area contributed by atoms with E-state index in [9.17, 15) is 18.0 Å². The highest BCUT2D eigenvalue weighted by Gasteiger charge is 2.24. The number of likely N-dealkylation sites (tertiary alicyclic amines) is 1. The zero-order valence-corrected chi connectivity index (χ0v) is 16.2. The Balaban J connectivity index is 1.40. The van der Waals surface area contributed by atoms with E-state index < -0.39 is 17.5 Å². The molecule has 1 aliphatic rings. The fraction of sp³-hybridized carbons (Fsp3) is 0.273. The van der Waals surface area contributed by atoms with Gasteiger partial charge in [0.25, 0.3) is 5.91 Å². The van der Waals surface area contributed by atoms with Crippen LogP contribution in [-0.2, 0) is 6.54 Å². The molecule has 1 unspecified atom stereocenters. The number of aromatic nitrogens is 2. The van der Waals surface area contributed by atoms with Crippen LogP contribution in [0.3, 0.4) is 0 Å². The quantitative estimate of drug-likeness (QED) is 0.693. The summed E-state index contributed by atoms with van der Waals surface area (Å²) in [5, 5.41) is 7.02. The van der Waals surface area contributed by atoms with Gasteiger partial charge in [0.2, 0.25) is 0 Å². The molecule has 0 aliphatic carbocycles. The van der Waals surface area contributed by atoms with E-state index in [2.05, 4.69) is 10.4 Å². The number of carbonyl (C=O) groups is 1. The summed E-state index contributed by atoms with van der Waals surface area (Å²) in [6, 6.07) is 9.85. The number of nitrogens with one attached hydrogen (secondary N) is 1. The first kappa shape index (κ1) is 20.2. The fourth-order valence-electron chi connectivity index (χ4n) is 3.70. The van der Waals surface area contributed by atoms with Crippen molar-refractivity contribution in [2.75, 3.05) is 13.1 Å². The lowest BCUT2D eigenvalue weighted by Crippen LogP contribution is -2.47. The smallest absolute Gasteiger partial charge is 0.254 e. The van der Waals surface area contributed by atoms with Gasteiger partial charge in [0.1, 0.15) is 23.1 Å². The van der Waals surface area contributed by atoms with Gasteiger partial charge in [-0.3, -0.25) is 9.69 Å². The lowest BCUT2D eigenvalue weighted by Gasteiger charge is -2.33. The van der Waals surface area contributed by atoms with E-state index in [1.165, 1.54) is 41.3 Å². The molecule has 1 aliphatic heterocycles. The number of halogens is 3. The van der Waals surface area contributed by atoms with E-state index in [1.54, 1.807) is 18.2 Å². The van der Waals surface area contributed by atoms with Gasteiger partial charge >= 0.3 is 0 Å². The number of nitrogens with zero attached hydrogens (tertiary/aromatic N) is 3. The maximum absolute atomic E-state index is 13.9. The van der Waals surface area contributed by atoms with E-state index in [1.807, 2.05) is 4.90 Å². The SMILES string of the molecule is O=C(NC1CCCN(Cc2c(F)cccc2F)C1)c1cnn(-c2ccccc2F)c1. The number of amides is 1. The van der Waals surface area contributed by atoms with Crippen molar-refractivity contribution in [3.63, 3.8) is 0 Å². The van der Waals surface area contributed by atoms with E-state index in [0.717, 1.165) is 12.8 Å². The number of hydrogen-bond acceptors (Lipinski definition) is 3. The van der Waals surface area contributed by atoms with Crippen molar-refractivity contribution in [1.29, 1.82) is 0 Å². The average molecular weight is 414 g/mol. The van der Waals surface area contributed by atoms with Crippen LogP contribution >= 0.6 is 0 Å². The van der Waals surface area contributed by atoms with E-state index in [-0.39, 0.29) is 29.7 Å². The third-order valence-electron chi connectivity index (χ3n) is 5.23. The molecule has 156 valence electrons. The molecule has 1 atom stereocenters. The van der Waals surface area contributed by atoms with Crippen LogP contribution in [0.15, 0.2) is 54.9 Å². The summed E-state index contributed by atoms with van der Waals surface area (Å²) >= 11 is 0. The van der Waals surface area contributed by atoms with Crippen molar-refractivity contribution < 1.29 is 18.0 Å². The lowest BCUT2D eigenvalue weighted by molar-refractivity contribution is 0.0899. The molecule has 0 radical (unpaired) electrons. The topological polar surface area (TPSA) is 50.2 Å². The van der Waals surface area contributed by atoms with E-state index in [4.69, 9.17) is 0 Å². The van der Waals surface area contributed by atoms with Crippen molar-refractivity contribution in [3.05, 3.63) is 83.4 Å². The highest BCUT2D eigenvalue weighted by molar-refractivity contribution is 5.94. The van der Waals surface area contributed by atoms with Crippen LogP contribution in [0.25, 0.3) is 5.69 Å². The Morgan fingerprint density at radius 3 is 2.57 bits per heavy atom. The van der Waals surface area contributed by atoms with E-state index >= 15 is 0 Å². The molecule has 1 fully saturated rings. The highest BCUT2D eigenvalue weighted by Crippen LogP contribution is 2.19. The number of carbonyl (C=O) groups excluding carboxylic acids is 1. The van der Waals surface area contributed by atoms with Crippen LogP contribution in [0.2, 0.25) is 0 Å². The Morgan fingerprint density at radius 1 is 1.07 bits per heavy atom. The first-order valence-corrected chi connectivity index (χ1v) is 9.77. The molecule has 1 saturated heterocycles. The highest BCUT2D eigenvalue weighted by atomic mass is 19.1. The van der Waals surface area contributed by atoms with Crippen molar-refractivity contribution >= 4 is 5.91 Å². The summed E-state index contributed by atoms with van der Waals surface area (Å²) in [7, 11) is 0. The molecule has 2 aromatic carbocycles.